The highest BCUT2D eigenvalue weighted by atomic mass is 16.5. The van der Waals surface area contributed by atoms with Crippen LogP contribution in [0.3, 0.4) is 0 Å². The summed E-state index contributed by atoms with van der Waals surface area (Å²) < 4.78 is 10.9. The van der Waals surface area contributed by atoms with Crippen molar-refractivity contribution in [1.29, 1.82) is 0 Å². The van der Waals surface area contributed by atoms with Crippen LogP contribution in [0.25, 0.3) is 0 Å². The predicted octanol–water partition coefficient (Wildman–Crippen LogP) is 1.32. The molecule has 116 valence electrons. The van der Waals surface area contributed by atoms with Gasteiger partial charge in [0.2, 0.25) is 5.88 Å². The fourth-order valence-electron chi connectivity index (χ4n) is 2.31. The molecule has 0 amide bonds. The van der Waals surface area contributed by atoms with Gasteiger partial charge in [-0.1, -0.05) is 6.07 Å². The van der Waals surface area contributed by atoms with E-state index in [0.717, 1.165) is 37.6 Å². The zero-order valence-electron chi connectivity index (χ0n) is 13.0. The second kappa shape index (κ2) is 7.26. The van der Waals surface area contributed by atoms with Crippen LogP contribution < -0.4 is 15.4 Å². The number of aliphatic imine (C=N–C) groups is 1. The number of pyridine rings is 1. The van der Waals surface area contributed by atoms with Crippen molar-refractivity contribution in [1.82, 2.24) is 15.6 Å². The van der Waals surface area contributed by atoms with Gasteiger partial charge in [0, 0.05) is 26.3 Å². The summed E-state index contributed by atoms with van der Waals surface area (Å²) >= 11 is 0. The predicted molar refractivity (Wildman–Crippen MR) is 82.6 cm³/mol. The van der Waals surface area contributed by atoms with Crippen molar-refractivity contribution in [3.63, 3.8) is 0 Å². The van der Waals surface area contributed by atoms with E-state index < -0.39 is 0 Å². The van der Waals surface area contributed by atoms with Crippen molar-refractivity contribution in [2.75, 3.05) is 27.3 Å². The Morgan fingerprint density at radius 1 is 1.48 bits per heavy atom. The van der Waals surface area contributed by atoms with Gasteiger partial charge in [-0.25, -0.2) is 4.98 Å². The van der Waals surface area contributed by atoms with Crippen LogP contribution in [0.1, 0.15) is 25.5 Å². The molecule has 6 heteroatoms. The molecule has 2 N–H and O–H groups in total. The van der Waals surface area contributed by atoms with Crippen LogP contribution in [0, 0.1) is 0 Å². The van der Waals surface area contributed by atoms with Gasteiger partial charge in [0.1, 0.15) is 0 Å². The molecule has 1 aliphatic heterocycles. The normalized spacial score (nSPS) is 22.1. The van der Waals surface area contributed by atoms with Gasteiger partial charge in [-0.05, 0) is 25.8 Å². The minimum absolute atomic E-state index is 0.0914. The van der Waals surface area contributed by atoms with Crippen molar-refractivity contribution in [3.05, 3.63) is 23.9 Å². The van der Waals surface area contributed by atoms with Crippen molar-refractivity contribution < 1.29 is 9.47 Å². The first-order valence-corrected chi connectivity index (χ1v) is 7.23. The molecule has 0 aromatic carbocycles. The average molecular weight is 292 g/mol. The largest absolute Gasteiger partial charge is 0.481 e. The summed E-state index contributed by atoms with van der Waals surface area (Å²) in [4.78, 5) is 8.57. The molecule has 6 nitrogen and oxygen atoms in total. The first-order valence-electron chi connectivity index (χ1n) is 7.23. The Morgan fingerprint density at radius 3 is 3.00 bits per heavy atom. The van der Waals surface area contributed by atoms with E-state index in [9.17, 15) is 0 Å². The Kier molecular flexibility index (Phi) is 5.38. The van der Waals surface area contributed by atoms with E-state index in [1.165, 1.54) is 0 Å². The monoisotopic (exact) mass is 292 g/mol. The number of ether oxygens (including phenoxy) is 2. The first-order chi connectivity index (χ1) is 10.1. The van der Waals surface area contributed by atoms with Gasteiger partial charge < -0.3 is 20.1 Å². The molecule has 1 aliphatic rings. The Balaban J connectivity index is 1.82. The zero-order valence-corrected chi connectivity index (χ0v) is 13.0. The highest BCUT2D eigenvalue weighted by molar-refractivity contribution is 5.79. The molecular weight excluding hydrogens is 268 g/mol. The third-order valence-corrected chi connectivity index (χ3v) is 3.58. The highest BCUT2D eigenvalue weighted by Crippen LogP contribution is 2.23. The minimum Gasteiger partial charge on any atom is -0.481 e. The number of hydrogen-bond donors (Lipinski definition) is 2. The summed E-state index contributed by atoms with van der Waals surface area (Å²) in [7, 11) is 3.37. The molecule has 0 saturated carbocycles. The van der Waals surface area contributed by atoms with Crippen LogP contribution in [-0.4, -0.2) is 43.9 Å². The number of guanidine groups is 1. The number of methoxy groups -OCH3 is 1. The Hall–Kier alpha value is -1.82. The lowest BCUT2D eigenvalue weighted by Crippen LogP contribution is -2.45. The molecule has 0 aliphatic carbocycles. The van der Waals surface area contributed by atoms with E-state index in [4.69, 9.17) is 9.47 Å². The molecule has 2 rings (SSSR count). The molecule has 2 heterocycles. The van der Waals surface area contributed by atoms with E-state index in [0.29, 0.717) is 12.4 Å². The first kappa shape index (κ1) is 15.6. The van der Waals surface area contributed by atoms with Crippen LogP contribution in [0.5, 0.6) is 5.88 Å². The summed E-state index contributed by atoms with van der Waals surface area (Å²) in [6, 6.07) is 5.70. The van der Waals surface area contributed by atoms with Gasteiger partial charge in [0.15, 0.2) is 5.96 Å². The maximum absolute atomic E-state index is 5.75. The van der Waals surface area contributed by atoms with E-state index in [1.54, 1.807) is 14.2 Å². The average Bonchev–Trinajstić information content (AvgIpc) is 2.95. The fraction of sp³-hybridized carbons (Fsp3) is 0.600. The molecule has 1 unspecified atom stereocenters. The van der Waals surface area contributed by atoms with Crippen LogP contribution >= 0.6 is 0 Å². The van der Waals surface area contributed by atoms with Crippen LogP contribution in [0.4, 0.5) is 0 Å². The van der Waals surface area contributed by atoms with E-state index in [1.807, 2.05) is 18.2 Å². The Bertz CT molecular complexity index is 484. The van der Waals surface area contributed by atoms with E-state index in [2.05, 4.69) is 27.5 Å². The molecular formula is C15H24N4O2. The maximum Gasteiger partial charge on any atom is 0.213 e. The van der Waals surface area contributed by atoms with Crippen molar-refractivity contribution >= 4 is 5.96 Å². The number of hydrogen-bond acceptors (Lipinski definition) is 4. The van der Waals surface area contributed by atoms with Gasteiger partial charge in [0.25, 0.3) is 0 Å². The van der Waals surface area contributed by atoms with Gasteiger partial charge in [-0.3, -0.25) is 4.99 Å². The molecule has 1 fully saturated rings. The minimum atomic E-state index is -0.0914. The number of nitrogens with zero attached hydrogens (tertiary/aromatic N) is 2. The van der Waals surface area contributed by atoms with Crippen molar-refractivity contribution in [2.45, 2.75) is 31.9 Å². The van der Waals surface area contributed by atoms with Crippen LogP contribution in [-0.2, 0) is 11.3 Å². The molecule has 21 heavy (non-hydrogen) atoms. The van der Waals surface area contributed by atoms with Gasteiger partial charge >= 0.3 is 0 Å². The van der Waals surface area contributed by atoms with Crippen molar-refractivity contribution in [2.24, 2.45) is 4.99 Å². The summed E-state index contributed by atoms with van der Waals surface area (Å²) in [5.41, 5.74) is 0.812. The standard InChI is InChI=1S/C15H24N4O2/c1-15(8-5-9-21-15)11-18-14(16-2)17-10-12-6-4-7-13(19-12)20-3/h4,6-7H,5,8-11H2,1-3H3,(H2,16,17,18). The summed E-state index contributed by atoms with van der Waals surface area (Å²) in [5.74, 6) is 1.36. The fourth-order valence-corrected chi connectivity index (χ4v) is 2.31. The lowest BCUT2D eigenvalue weighted by molar-refractivity contribution is 0.0243. The lowest BCUT2D eigenvalue weighted by Gasteiger charge is -2.24. The van der Waals surface area contributed by atoms with Gasteiger partial charge in [-0.2, -0.15) is 0 Å². The third-order valence-electron chi connectivity index (χ3n) is 3.58. The zero-order chi connectivity index (χ0) is 15.1. The molecule has 0 bridgehead atoms. The summed E-state index contributed by atoms with van der Waals surface area (Å²) in [5, 5.41) is 6.55. The Morgan fingerprint density at radius 2 is 2.33 bits per heavy atom. The molecule has 1 saturated heterocycles. The summed E-state index contributed by atoms with van der Waals surface area (Å²) in [6.45, 7) is 4.31. The lowest BCUT2D eigenvalue weighted by atomic mass is 10.0. The van der Waals surface area contributed by atoms with E-state index >= 15 is 0 Å². The second-order valence-electron chi connectivity index (χ2n) is 5.35. The van der Waals surface area contributed by atoms with E-state index in [-0.39, 0.29) is 5.60 Å². The smallest absolute Gasteiger partial charge is 0.213 e. The van der Waals surface area contributed by atoms with Crippen LogP contribution in [0.15, 0.2) is 23.2 Å². The summed E-state index contributed by atoms with van der Waals surface area (Å²) in [6.07, 6.45) is 2.20. The molecule has 1 aromatic heterocycles. The second-order valence-corrected chi connectivity index (χ2v) is 5.35. The SMILES string of the molecule is CN=C(NCc1cccc(OC)n1)NCC1(C)CCCO1. The number of nitrogens with one attached hydrogen (secondary N) is 2. The molecule has 0 radical (unpaired) electrons. The Labute approximate surface area is 126 Å². The third kappa shape index (κ3) is 4.60. The number of aromatic nitrogens is 1. The topological polar surface area (TPSA) is 67.8 Å². The van der Waals surface area contributed by atoms with Crippen LogP contribution in [0.2, 0.25) is 0 Å². The number of rotatable bonds is 5. The maximum atomic E-state index is 5.75. The molecule has 0 spiro atoms. The quantitative estimate of drug-likeness (QED) is 0.633. The molecule has 1 aromatic rings. The molecule has 1 atom stereocenters. The van der Waals surface area contributed by atoms with Crippen molar-refractivity contribution in [3.8, 4) is 5.88 Å². The highest BCUT2D eigenvalue weighted by Gasteiger charge is 2.29. The van der Waals surface area contributed by atoms with Gasteiger partial charge in [-0.15, -0.1) is 0 Å². The van der Waals surface area contributed by atoms with Gasteiger partial charge in [0.05, 0.1) is 24.9 Å².